The van der Waals surface area contributed by atoms with E-state index in [1.54, 1.807) is 16.0 Å². The molecule has 11 heteroatoms. The van der Waals surface area contributed by atoms with Crippen molar-refractivity contribution in [1.29, 1.82) is 0 Å². The lowest BCUT2D eigenvalue weighted by Gasteiger charge is -2.37. The maximum Gasteiger partial charge on any atom is 0.330 e. The molecule has 1 saturated heterocycles. The number of aryl methyl sites for hydroxylation is 2. The van der Waals surface area contributed by atoms with Crippen molar-refractivity contribution in [2.45, 2.75) is 46.1 Å². The number of methoxy groups -OCH3 is 1. The van der Waals surface area contributed by atoms with E-state index in [0.717, 1.165) is 65.5 Å². The number of unbranched alkanes of at least 4 members (excludes halogenated alkanes) is 1. The molecule has 5 rings (SSSR count). The van der Waals surface area contributed by atoms with Gasteiger partial charge in [-0.3, -0.25) is 14.6 Å². The van der Waals surface area contributed by atoms with E-state index in [2.05, 4.69) is 27.1 Å². The van der Waals surface area contributed by atoms with Crippen molar-refractivity contribution in [2.75, 3.05) is 73.5 Å². The van der Waals surface area contributed by atoms with Crippen LogP contribution in [0.15, 0.2) is 42.6 Å². The van der Waals surface area contributed by atoms with Gasteiger partial charge in [-0.15, -0.1) is 0 Å². The smallest absolute Gasteiger partial charge is 0.330 e. The Kier molecular flexibility index (Phi) is 9.65. The summed E-state index contributed by atoms with van der Waals surface area (Å²) in [4.78, 5) is 44.1. The Morgan fingerprint density at radius 2 is 1.82 bits per heavy atom. The third-order valence-electron chi connectivity index (χ3n) is 8.54. The molecule has 0 spiro atoms. The maximum atomic E-state index is 13.9. The number of nitrogens with one attached hydrogen (secondary N) is 1. The first-order valence-electron chi connectivity index (χ1n) is 15.3. The second-order valence-electron chi connectivity index (χ2n) is 11.7. The topological polar surface area (TPSA) is 114 Å². The minimum absolute atomic E-state index is 0.0581. The molecular weight excluding hydrogens is 558 g/mol. The van der Waals surface area contributed by atoms with Gasteiger partial charge < -0.3 is 25.0 Å². The third kappa shape index (κ3) is 6.48. The fourth-order valence-corrected chi connectivity index (χ4v) is 6.01. The number of likely N-dealkylation sites (N-methyl/N-ethyl adjacent to an activating group) is 1. The van der Waals surface area contributed by atoms with Crippen molar-refractivity contribution in [1.82, 2.24) is 14.9 Å². The number of urea groups is 1. The zero-order valence-electron chi connectivity index (χ0n) is 26.3. The molecule has 234 valence electrons. The highest BCUT2D eigenvalue weighted by atomic mass is 16.5. The molecule has 2 amide bonds. The van der Waals surface area contributed by atoms with Gasteiger partial charge in [0.05, 0.1) is 25.3 Å². The van der Waals surface area contributed by atoms with Crippen LogP contribution in [0.5, 0.6) is 0 Å². The summed E-state index contributed by atoms with van der Waals surface area (Å²) in [6.45, 7) is 10.4. The number of carbonyl (C=O) groups is 2. The highest BCUT2D eigenvalue weighted by molar-refractivity contribution is 6.06. The summed E-state index contributed by atoms with van der Waals surface area (Å²) in [5.74, 6) is 0.155. The number of piperazine rings is 1. The van der Waals surface area contributed by atoms with Crippen LogP contribution < -0.4 is 20.0 Å². The Bertz CT molecular complexity index is 1490. The number of aromatic nitrogens is 2. The summed E-state index contributed by atoms with van der Waals surface area (Å²) in [6.07, 6.45) is 2.99. The molecule has 0 bridgehead atoms. The largest absolute Gasteiger partial charge is 0.469 e. The molecule has 1 fully saturated rings. The summed E-state index contributed by atoms with van der Waals surface area (Å²) in [5, 5.41) is 12.7. The van der Waals surface area contributed by atoms with Gasteiger partial charge in [-0.05, 0) is 75.5 Å². The van der Waals surface area contributed by atoms with Gasteiger partial charge >= 0.3 is 12.0 Å². The van der Waals surface area contributed by atoms with Gasteiger partial charge in [-0.1, -0.05) is 18.2 Å². The molecule has 0 radical (unpaired) electrons. The number of fused-ring (bicyclic) bond motifs is 1. The monoisotopic (exact) mass is 601 g/mol. The minimum Gasteiger partial charge on any atom is -0.469 e. The standard InChI is InChI=1S/C33H43N7O4/c1-22-9-8-10-23(2)29(22)40-21-25-20-34-32(36-30(25)39(33(40)43)13-6-7-18-41)35-26-11-12-28(38-16-14-37(4)15-17-38)27(19-26)24(3)31(42)44-5/h8-12,19-20,24,41H,6-7,13-18,21H2,1-5H3,(H,34,35,36). The normalized spacial score (nSPS) is 16.1. The number of para-hydroxylation sites is 1. The van der Waals surface area contributed by atoms with Crippen molar-refractivity contribution >= 4 is 40.8 Å². The van der Waals surface area contributed by atoms with Gasteiger partial charge in [-0.2, -0.15) is 4.98 Å². The molecule has 11 nitrogen and oxygen atoms in total. The lowest BCUT2D eigenvalue weighted by Crippen LogP contribution is -2.49. The van der Waals surface area contributed by atoms with Gasteiger partial charge in [0.25, 0.3) is 0 Å². The van der Waals surface area contributed by atoms with Gasteiger partial charge in [-0.25, -0.2) is 9.78 Å². The number of nitrogens with zero attached hydrogens (tertiary/aromatic N) is 6. The molecule has 3 heterocycles. The number of carbonyl (C=O) groups excluding carboxylic acids is 2. The highest BCUT2D eigenvalue weighted by Crippen LogP contribution is 2.36. The van der Waals surface area contributed by atoms with Crippen molar-refractivity contribution in [3.63, 3.8) is 0 Å². The SMILES string of the molecule is COC(=O)C(C)c1cc(Nc2ncc3c(n2)N(CCCCO)C(=O)N(c2c(C)cccc2C)C3)ccc1N1CCN(C)CC1. The number of amides is 2. The van der Waals surface area contributed by atoms with E-state index in [1.165, 1.54) is 7.11 Å². The lowest BCUT2D eigenvalue weighted by molar-refractivity contribution is -0.141. The van der Waals surface area contributed by atoms with Gasteiger partial charge in [0, 0.05) is 62.5 Å². The lowest BCUT2D eigenvalue weighted by atomic mass is 9.97. The molecule has 1 aromatic heterocycles. The van der Waals surface area contributed by atoms with Crippen molar-refractivity contribution in [3.05, 3.63) is 64.8 Å². The van der Waals surface area contributed by atoms with Crippen LogP contribution >= 0.6 is 0 Å². The van der Waals surface area contributed by atoms with Crippen LogP contribution in [0.1, 0.15) is 47.9 Å². The first-order chi connectivity index (χ1) is 21.2. The fourth-order valence-electron chi connectivity index (χ4n) is 6.01. The van der Waals surface area contributed by atoms with Crippen molar-refractivity contribution < 1.29 is 19.4 Å². The van der Waals surface area contributed by atoms with Crippen LogP contribution in [-0.2, 0) is 16.1 Å². The predicted octanol–water partition coefficient (Wildman–Crippen LogP) is 4.58. The number of hydrogen-bond donors (Lipinski definition) is 2. The van der Waals surface area contributed by atoms with E-state index in [9.17, 15) is 14.7 Å². The van der Waals surface area contributed by atoms with Gasteiger partial charge in [0.15, 0.2) is 0 Å². The molecule has 0 aliphatic carbocycles. The summed E-state index contributed by atoms with van der Waals surface area (Å²) in [7, 11) is 3.52. The Morgan fingerprint density at radius 3 is 2.50 bits per heavy atom. The Labute approximate surface area is 259 Å². The minimum atomic E-state index is -0.462. The molecule has 1 unspecified atom stereocenters. The summed E-state index contributed by atoms with van der Waals surface area (Å²) in [6, 6.07) is 11.8. The molecule has 2 N–H and O–H groups in total. The molecule has 0 saturated carbocycles. The predicted molar refractivity (Wildman–Crippen MR) is 173 cm³/mol. The fraction of sp³-hybridized carbons (Fsp3) is 0.455. The molecule has 2 aliphatic rings. The average molecular weight is 602 g/mol. The number of anilines is 5. The first kappa shape index (κ1) is 31.2. The molecule has 2 aromatic carbocycles. The number of esters is 1. The van der Waals surface area contributed by atoms with Gasteiger partial charge in [0.2, 0.25) is 5.95 Å². The van der Waals surface area contributed by atoms with Crippen LogP contribution in [0.2, 0.25) is 0 Å². The molecule has 3 aromatic rings. The number of hydrogen-bond acceptors (Lipinski definition) is 9. The summed E-state index contributed by atoms with van der Waals surface area (Å²) in [5.41, 5.74) is 6.40. The van der Waals surface area contributed by atoms with Crippen LogP contribution in [0.4, 0.5) is 33.6 Å². The highest BCUT2D eigenvalue weighted by Gasteiger charge is 2.34. The summed E-state index contributed by atoms with van der Waals surface area (Å²) >= 11 is 0. The number of rotatable bonds is 10. The van der Waals surface area contributed by atoms with Crippen LogP contribution in [0.3, 0.4) is 0 Å². The van der Waals surface area contributed by atoms with Crippen LogP contribution in [0, 0.1) is 13.8 Å². The number of aliphatic hydroxyl groups is 1. The Hall–Kier alpha value is -4.22. The second kappa shape index (κ2) is 13.6. The first-order valence-corrected chi connectivity index (χ1v) is 15.3. The van der Waals surface area contributed by atoms with Crippen LogP contribution in [-0.4, -0.2) is 85.5 Å². The number of benzene rings is 2. The Morgan fingerprint density at radius 1 is 1.09 bits per heavy atom. The van der Waals surface area contributed by atoms with E-state index < -0.39 is 5.92 Å². The van der Waals surface area contributed by atoms with E-state index in [0.29, 0.717) is 37.7 Å². The van der Waals surface area contributed by atoms with E-state index in [1.807, 2.05) is 57.2 Å². The zero-order valence-corrected chi connectivity index (χ0v) is 26.3. The van der Waals surface area contributed by atoms with Crippen LogP contribution in [0.25, 0.3) is 0 Å². The molecule has 44 heavy (non-hydrogen) atoms. The second-order valence-corrected chi connectivity index (χ2v) is 11.7. The van der Waals surface area contributed by atoms with E-state index in [4.69, 9.17) is 9.72 Å². The van der Waals surface area contributed by atoms with E-state index >= 15 is 0 Å². The number of ether oxygens (including phenoxy) is 1. The van der Waals surface area contributed by atoms with E-state index in [-0.39, 0.29) is 18.6 Å². The molecular formula is C33H43N7O4. The summed E-state index contributed by atoms with van der Waals surface area (Å²) < 4.78 is 5.10. The Balaban J connectivity index is 1.47. The van der Waals surface area contributed by atoms with Crippen molar-refractivity contribution in [2.24, 2.45) is 0 Å². The number of aliphatic hydroxyl groups excluding tert-OH is 1. The van der Waals surface area contributed by atoms with Gasteiger partial charge in [0.1, 0.15) is 5.82 Å². The average Bonchev–Trinajstić information content (AvgIpc) is 3.02. The molecule has 1 atom stereocenters. The zero-order chi connectivity index (χ0) is 31.4. The van der Waals surface area contributed by atoms with Crippen molar-refractivity contribution in [3.8, 4) is 0 Å². The molecule has 2 aliphatic heterocycles. The quantitative estimate of drug-likeness (QED) is 0.255. The third-order valence-corrected chi connectivity index (χ3v) is 8.54. The maximum absolute atomic E-state index is 13.9.